The molecule has 1 atom stereocenters. The Morgan fingerprint density at radius 1 is 0.724 bits per heavy atom. The molecule has 4 aromatic rings. The van der Waals surface area contributed by atoms with Gasteiger partial charge in [-0.25, -0.2) is 0 Å². The van der Waals surface area contributed by atoms with Gasteiger partial charge in [-0.15, -0.1) is 0 Å². The Bertz CT molecular complexity index is 1170. The molecule has 2 aliphatic rings. The van der Waals surface area contributed by atoms with Gasteiger partial charge in [-0.2, -0.15) is 4.67 Å². The molecule has 2 heterocycles. The molecular formula is C25H20NO2P. The Kier molecular flexibility index (Phi) is 3.87. The molecule has 0 unspecified atom stereocenters. The molecule has 2 bridgehead atoms. The van der Waals surface area contributed by atoms with Gasteiger partial charge in [0.25, 0.3) is 0 Å². The molecule has 6 rings (SSSR count). The molecule has 4 heteroatoms. The molecule has 0 spiro atoms. The smallest absolute Gasteiger partial charge is 0.386 e. The molecule has 0 amide bonds. The topological polar surface area (TPSA) is 21.7 Å². The van der Waals surface area contributed by atoms with E-state index in [0.717, 1.165) is 11.5 Å². The van der Waals surface area contributed by atoms with Crippen LogP contribution < -0.4 is 9.05 Å². The highest BCUT2D eigenvalue weighted by molar-refractivity contribution is 7.45. The van der Waals surface area contributed by atoms with Gasteiger partial charge in [-0.1, -0.05) is 78.9 Å². The summed E-state index contributed by atoms with van der Waals surface area (Å²) in [5.41, 5.74) is 3.70. The van der Waals surface area contributed by atoms with Gasteiger partial charge in [0.15, 0.2) is 0 Å². The van der Waals surface area contributed by atoms with Crippen LogP contribution in [0.1, 0.15) is 35.7 Å². The summed E-state index contributed by atoms with van der Waals surface area (Å²) in [6.45, 7) is 2.26. The molecular weight excluding hydrogens is 377 g/mol. The van der Waals surface area contributed by atoms with Crippen LogP contribution in [0.5, 0.6) is 11.5 Å². The monoisotopic (exact) mass is 397 g/mol. The summed E-state index contributed by atoms with van der Waals surface area (Å²) in [6, 6.07) is 32.1. The van der Waals surface area contributed by atoms with Crippen molar-refractivity contribution in [3.63, 3.8) is 0 Å². The van der Waals surface area contributed by atoms with E-state index in [4.69, 9.17) is 9.05 Å². The quantitative estimate of drug-likeness (QED) is 0.340. The van der Waals surface area contributed by atoms with Gasteiger partial charge < -0.3 is 9.05 Å². The van der Waals surface area contributed by atoms with Crippen LogP contribution in [0.3, 0.4) is 0 Å². The second-order valence-corrected chi connectivity index (χ2v) is 8.83. The third-order valence-corrected chi connectivity index (χ3v) is 7.56. The van der Waals surface area contributed by atoms with E-state index in [-0.39, 0.29) is 12.1 Å². The highest BCUT2D eigenvalue weighted by Crippen LogP contribution is 2.64. The zero-order chi connectivity index (χ0) is 19.4. The first-order valence-corrected chi connectivity index (χ1v) is 11.0. The average molecular weight is 397 g/mol. The summed E-state index contributed by atoms with van der Waals surface area (Å²) < 4.78 is 15.2. The summed E-state index contributed by atoms with van der Waals surface area (Å²) in [7, 11) is -1.24. The molecule has 0 saturated heterocycles. The molecule has 2 aliphatic heterocycles. The van der Waals surface area contributed by atoms with Crippen LogP contribution in [-0.2, 0) is 0 Å². The molecule has 0 aliphatic carbocycles. The van der Waals surface area contributed by atoms with Crippen LogP contribution in [0.25, 0.3) is 10.8 Å². The van der Waals surface area contributed by atoms with Crippen molar-refractivity contribution in [2.45, 2.75) is 19.0 Å². The third kappa shape index (κ3) is 2.58. The van der Waals surface area contributed by atoms with E-state index in [1.54, 1.807) is 0 Å². The van der Waals surface area contributed by atoms with Gasteiger partial charge in [-0.3, -0.25) is 0 Å². The van der Waals surface area contributed by atoms with E-state index in [1.165, 1.54) is 27.5 Å². The van der Waals surface area contributed by atoms with E-state index in [1.807, 2.05) is 12.1 Å². The fourth-order valence-electron chi connectivity index (χ4n) is 4.53. The Labute approximate surface area is 171 Å². The van der Waals surface area contributed by atoms with E-state index in [0.29, 0.717) is 0 Å². The highest BCUT2D eigenvalue weighted by Gasteiger charge is 2.47. The molecule has 3 nitrogen and oxygen atoms in total. The van der Waals surface area contributed by atoms with Crippen LogP contribution >= 0.6 is 8.53 Å². The van der Waals surface area contributed by atoms with E-state index in [2.05, 4.69) is 90.5 Å². The van der Waals surface area contributed by atoms with Crippen molar-refractivity contribution >= 4 is 19.3 Å². The first-order chi connectivity index (χ1) is 14.3. The summed E-state index contributed by atoms with van der Waals surface area (Å²) >= 11 is 0. The van der Waals surface area contributed by atoms with Gasteiger partial charge in [0.2, 0.25) is 0 Å². The first-order valence-electron chi connectivity index (χ1n) is 9.91. The Balaban J connectivity index is 1.54. The molecule has 0 radical (unpaired) electrons. The van der Waals surface area contributed by atoms with Crippen LogP contribution in [0.4, 0.5) is 0 Å². The lowest BCUT2D eigenvalue weighted by Gasteiger charge is -2.47. The number of nitrogens with zero attached hydrogens (tertiary/aromatic N) is 1. The number of fused-ring (bicyclic) bond motifs is 7. The first kappa shape index (κ1) is 17.0. The Morgan fingerprint density at radius 2 is 1.31 bits per heavy atom. The van der Waals surface area contributed by atoms with E-state index >= 15 is 0 Å². The zero-order valence-corrected chi connectivity index (χ0v) is 16.9. The van der Waals surface area contributed by atoms with Crippen molar-refractivity contribution in [3.8, 4) is 11.5 Å². The largest absolute Gasteiger partial charge is 0.427 e. The minimum Gasteiger partial charge on any atom is -0.427 e. The Morgan fingerprint density at radius 3 is 2.03 bits per heavy atom. The summed E-state index contributed by atoms with van der Waals surface area (Å²) in [5, 5.41) is 2.54. The summed E-state index contributed by atoms with van der Waals surface area (Å²) in [4.78, 5) is 0. The average Bonchev–Trinajstić information content (AvgIpc) is 2.77. The van der Waals surface area contributed by atoms with Gasteiger partial charge in [0.05, 0.1) is 6.04 Å². The normalized spacial score (nSPS) is 20.9. The summed E-state index contributed by atoms with van der Waals surface area (Å²) in [6.07, 6.45) is 0. The molecule has 0 aromatic heterocycles. The second-order valence-electron chi connectivity index (χ2n) is 7.52. The minimum absolute atomic E-state index is 0.116. The van der Waals surface area contributed by atoms with Crippen molar-refractivity contribution in [2.75, 3.05) is 0 Å². The maximum absolute atomic E-state index is 6.40. The lowest BCUT2D eigenvalue weighted by Crippen LogP contribution is -2.37. The Hall–Kier alpha value is -2.87. The van der Waals surface area contributed by atoms with Gasteiger partial charge >= 0.3 is 8.53 Å². The maximum atomic E-state index is 6.40. The lowest BCUT2D eigenvalue weighted by molar-refractivity contribution is 0.221. The molecule has 29 heavy (non-hydrogen) atoms. The number of para-hydroxylation sites is 2. The minimum atomic E-state index is -1.24. The standard InChI is InChI=1S/C25H20NO2P/c1-17(19-14-8-10-18-9-2-3-11-20(18)19)26-25-21-12-4-6-15-23(21)27-29(26)28-24-16-7-5-13-22(24)25/h2-17,25H,1H3/t17-,25?,29?/m1/s1. The van der Waals surface area contributed by atoms with Crippen LogP contribution in [0, 0.1) is 0 Å². The van der Waals surface area contributed by atoms with Crippen molar-refractivity contribution in [1.29, 1.82) is 0 Å². The van der Waals surface area contributed by atoms with Crippen molar-refractivity contribution in [2.24, 2.45) is 0 Å². The van der Waals surface area contributed by atoms with Gasteiger partial charge in [0.1, 0.15) is 11.5 Å². The SMILES string of the molecule is C[C@H](c1cccc2ccccc12)N1C2c3ccccc3OP1Oc1ccccc12. The molecule has 4 aromatic carbocycles. The highest BCUT2D eigenvalue weighted by atomic mass is 31.2. The summed E-state index contributed by atoms with van der Waals surface area (Å²) in [5.74, 6) is 1.86. The predicted octanol–water partition coefficient (Wildman–Crippen LogP) is 7.00. The molecule has 0 fully saturated rings. The van der Waals surface area contributed by atoms with Crippen molar-refractivity contribution in [1.82, 2.24) is 4.67 Å². The van der Waals surface area contributed by atoms with Gasteiger partial charge in [0, 0.05) is 17.2 Å². The van der Waals surface area contributed by atoms with Crippen LogP contribution in [-0.4, -0.2) is 4.67 Å². The molecule has 0 N–H and O–H groups in total. The van der Waals surface area contributed by atoms with Gasteiger partial charge in [-0.05, 0) is 35.4 Å². The fraction of sp³-hybridized carbons (Fsp3) is 0.120. The van der Waals surface area contributed by atoms with Crippen LogP contribution in [0.15, 0.2) is 91.0 Å². The zero-order valence-electron chi connectivity index (χ0n) is 16.0. The fourth-order valence-corrected chi connectivity index (χ4v) is 6.27. The van der Waals surface area contributed by atoms with Crippen molar-refractivity contribution in [3.05, 3.63) is 108 Å². The second kappa shape index (κ2) is 6.59. The van der Waals surface area contributed by atoms with E-state index in [9.17, 15) is 0 Å². The third-order valence-electron chi connectivity index (χ3n) is 5.90. The lowest BCUT2D eigenvalue weighted by atomic mass is 9.93. The number of benzene rings is 4. The predicted molar refractivity (Wildman–Crippen MR) is 117 cm³/mol. The number of rotatable bonds is 2. The number of hydrogen-bond donors (Lipinski definition) is 0. The maximum Gasteiger partial charge on any atom is 0.386 e. The van der Waals surface area contributed by atoms with Crippen molar-refractivity contribution < 1.29 is 9.05 Å². The molecule has 142 valence electrons. The molecule has 0 saturated carbocycles. The van der Waals surface area contributed by atoms with E-state index < -0.39 is 8.53 Å². The van der Waals surface area contributed by atoms with Crippen LogP contribution in [0.2, 0.25) is 0 Å². The number of hydrogen-bond acceptors (Lipinski definition) is 3.